The number of benzene rings is 1. The van der Waals surface area contributed by atoms with Crippen LogP contribution in [0.25, 0.3) is 10.7 Å². The number of aromatic nitrogens is 2. The number of amides is 1. The second-order valence-electron chi connectivity index (χ2n) is 6.79. The Kier molecular flexibility index (Phi) is 5.55. The van der Waals surface area contributed by atoms with Crippen LogP contribution in [0.15, 0.2) is 60.1 Å². The van der Waals surface area contributed by atoms with Gasteiger partial charge in [0.05, 0.1) is 17.3 Å². The first-order valence-corrected chi connectivity index (χ1v) is 10.1. The fourth-order valence-corrected chi connectivity index (χ4v) is 4.18. The van der Waals surface area contributed by atoms with Crippen LogP contribution in [0.4, 0.5) is 5.69 Å². The van der Waals surface area contributed by atoms with Crippen LogP contribution in [0, 0.1) is 5.92 Å². The zero-order chi connectivity index (χ0) is 18.5. The second kappa shape index (κ2) is 8.41. The van der Waals surface area contributed by atoms with Crippen LogP contribution < -0.4 is 5.32 Å². The maximum Gasteiger partial charge on any atom is 0.228 e. The van der Waals surface area contributed by atoms with Gasteiger partial charge in [0.25, 0.3) is 0 Å². The summed E-state index contributed by atoms with van der Waals surface area (Å²) < 4.78 is 0. The van der Waals surface area contributed by atoms with Crippen LogP contribution in [0.2, 0.25) is 0 Å². The van der Waals surface area contributed by atoms with E-state index in [2.05, 4.69) is 20.6 Å². The first kappa shape index (κ1) is 17.8. The summed E-state index contributed by atoms with van der Waals surface area (Å²) in [6, 6.07) is 15.5. The van der Waals surface area contributed by atoms with E-state index in [0.29, 0.717) is 0 Å². The number of carbonyl (C=O) groups excluding carboxylic acids is 1. The van der Waals surface area contributed by atoms with Gasteiger partial charge < -0.3 is 5.32 Å². The van der Waals surface area contributed by atoms with E-state index in [1.807, 2.05) is 48.5 Å². The normalized spacial score (nSPS) is 17.6. The van der Waals surface area contributed by atoms with Gasteiger partial charge in [0.15, 0.2) is 0 Å². The summed E-state index contributed by atoms with van der Waals surface area (Å²) in [6.07, 6.45) is 3.76. The number of carbonyl (C=O) groups is 1. The molecule has 1 aliphatic heterocycles. The van der Waals surface area contributed by atoms with Crippen molar-refractivity contribution < 1.29 is 4.79 Å². The van der Waals surface area contributed by atoms with E-state index in [9.17, 15) is 4.79 Å². The number of pyridine rings is 1. The molecule has 5 nitrogen and oxygen atoms in total. The number of rotatable bonds is 5. The summed E-state index contributed by atoms with van der Waals surface area (Å²) in [7, 11) is 0. The van der Waals surface area contributed by atoms with Gasteiger partial charge >= 0.3 is 0 Å². The zero-order valence-corrected chi connectivity index (χ0v) is 15.9. The summed E-state index contributed by atoms with van der Waals surface area (Å²) in [4.78, 5) is 24.0. The highest BCUT2D eigenvalue weighted by atomic mass is 32.1. The molecule has 1 atom stereocenters. The monoisotopic (exact) mass is 378 g/mol. The van der Waals surface area contributed by atoms with Crippen molar-refractivity contribution in [1.82, 2.24) is 14.9 Å². The molecule has 2 aromatic heterocycles. The Labute approximate surface area is 163 Å². The SMILES string of the molecule is O=C(Nc1ccccc1)C1CCCN(Cc2csc(-c3ccccn3)n2)C1. The Morgan fingerprint density at radius 3 is 2.85 bits per heavy atom. The van der Waals surface area contributed by atoms with Crippen molar-refractivity contribution in [3.63, 3.8) is 0 Å². The molecule has 0 spiro atoms. The molecule has 1 amide bonds. The molecule has 0 aliphatic carbocycles. The predicted molar refractivity (Wildman–Crippen MR) is 108 cm³/mol. The lowest BCUT2D eigenvalue weighted by Gasteiger charge is -2.31. The molecule has 3 heterocycles. The second-order valence-corrected chi connectivity index (χ2v) is 7.65. The molecule has 6 heteroatoms. The maximum atomic E-state index is 12.6. The van der Waals surface area contributed by atoms with Crippen molar-refractivity contribution in [1.29, 1.82) is 0 Å². The van der Waals surface area contributed by atoms with Crippen molar-refractivity contribution in [3.8, 4) is 10.7 Å². The van der Waals surface area contributed by atoms with Crippen molar-refractivity contribution in [2.45, 2.75) is 19.4 Å². The zero-order valence-electron chi connectivity index (χ0n) is 15.0. The Morgan fingerprint density at radius 1 is 1.19 bits per heavy atom. The lowest BCUT2D eigenvalue weighted by Crippen LogP contribution is -2.40. The average Bonchev–Trinajstić information content (AvgIpc) is 3.18. The maximum absolute atomic E-state index is 12.6. The topological polar surface area (TPSA) is 58.1 Å². The molecule has 27 heavy (non-hydrogen) atoms. The van der Waals surface area contributed by atoms with Gasteiger partial charge in [0.1, 0.15) is 5.01 Å². The summed E-state index contributed by atoms with van der Waals surface area (Å²) in [5, 5.41) is 6.07. The number of hydrogen-bond donors (Lipinski definition) is 1. The highest BCUT2D eigenvalue weighted by molar-refractivity contribution is 7.13. The molecule has 1 aromatic carbocycles. The van der Waals surface area contributed by atoms with Gasteiger partial charge in [-0.3, -0.25) is 14.7 Å². The molecule has 138 valence electrons. The van der Waals surface area contributed by atoms with Gasteiger partial charge in [-0.2, -0.15) is 0 Å². The van der Waals surface area contributed by atoms with Crippen LogP contribution in [-0.4, -0.2) is 33.9 Å². The van der Waals surface area contributed by atoms with Crippen LogP contribution in [0.1, 0.15) is 18.5 Å². The third kappa shape index (κ3) is 4.59. The number of anilines is 1. The van der Waals surface area contributed by atoms with Crippen molar-refractivity contribution in [3.05, 3.63) is 65.8 Å². The van der Waals surface area contributed by atoms with Crippen molar-refractivity contribution >= 4 is 22.9 Å². The highest BCUT2D eigenvalue weighted by Gasteiger charge is 2.26. The van der Waals surface area contributed by atoms with Crippen molar-refractivity contribution in [2.24, 2.45) is 5.92 Å². The predicted octanol–water partition coefficient (Wildman–Crippen LogP) is 4.06. The van der Waals surface area contributed by atoms with Crippen LogP contribution >= 0.6 is 11.3 Å². The summed E-state index contributed by atoms with van der Waals surface area (Å²) >= 11 is 1.62. The molecular weight excluding hydrogens is 356 g/mol. The molecule has 1 aliphatic rings. The van der Waals surface area contributed by atoms with Crippen LogP contribution in [0.3, 0.4) is 0 Å². The molecule has 0 saturated carbocycles. The van der Waals surface area contributed by atoms with E-state index in [-0.39, 0.29) is 11.8 Å². The Morgan fingerprint density at radius 2 is 2.04 bits per heavy atom. The number of thiazole rings is 1. The van der Waals surface area contributed by atoms with Gasteiger partial charge in [-0.1, -0.05) is 24.3 Å². The van der Waals surface area contributed by atoms with Gasteiger partial charge in [0.2, 0.25) is 5.91 Å². The lowest BCUT2D eigenvalue weighted by atomic mass is 9.97. The van der Waals surface area contributed by atoms with E-state index in [4.69, 9.17) is 4.98 Å². The first-order valence-electron chi connectivity index (χ1n) is 9.22. The molecule has 1 fully saturated rings. The number of para-hydroxylation sites is 1. The van der Waals surface area contributed by atoms with E-state index in [0.717, 1.165) is 54.6 Å². The van der Waals surface area contributed by atoms with Crippen LogP contribution in [0.5, 0.6) is 0 Å². The molecule has 1 N–H and O–H groups in total. The third-order valence-corrected chi connectivity index (χ3v) is 5.65. The van der Waals surface area contributed by atoms with E-state index >= 15 is 0 Å². The molecule has 4 rings (SSSR count). The van der Waals surface area contributed by atoms with Gasteiger partial charge in [-0.05, 0) is 43.7 Å². The Balaban J connectivity index is 1.36. The number of nitrogens with one attached hydrogen (secondary N) is 1. The summed E-state index contributed by atoms with van der Waals surface area (Å²) in [5.41, 5.74) is 2.82. The summed E-state index contributed by atoms with van der Waals surface area (Å²) in [6.45, 7) is 2.55. The quantitative estimate of drug-likeness (QED) is 0.727. The molecule has 3 aromatic rings. The molecule has 0 bridgehead atoms. The van der Waals surface area contributed by atoms with Gasteiger partial charge in [0, 0.05) is 30.4 Å². The van der Waals surface area contributed by atoms with Gasteiger partial charge in [-0.25, -0.2) is 4.98 Å². The lowest BCUT2D eigenvalue weighted by molar-refractivity contribution is -0.121. The smallest absolute Gasteiger partial charge is 0.228 e. The van der Waals surface area contributed by atoms with Gasteiger partial charge in [-0.15, -0.1) is 11.3 Å². The number of likely N-dealkylation sites (tertiary alicyclic amines) is 1. The summed E-state index contributed by atoms with van der Waals surface area (Å²) in [5.74, 6) is 0.131. The number of nitrogens with zero attached hydrogens (tertiary/aromatic N) is 3. The van der Waals surface area contributed by atoms with Crippen molar-refractivity contribution in [2.75, 3.05) is 18.4 Å². The number of piperidine rings is 1. The fourth-order valence-electron chi connectivity index (χ4n) is 3.39. The average molecular weight is 379 g/mol. The first-order chi connectivity index (χ1) is 13.3. The fraction of sp³-hybridized carbons (Fsp3) is 0.286. The highest BCUT2D eigenvalue weighted by Crippen LogP contribution is 2.24. The molecule has 1 saturated heterocycles. The molecule has 0 radical (unpaired) electrons. The largest absolute Gasteiger partial charge is 0.326 e. The molecule has 1 unspecified atom stereocenters. The minimum absolute atomic E-state index is 0.0212. The van der Waals surface area contributed by atoms with E-state index in [1.54, 1.807) is 17.5 Å². The van der Waals surface area contributed by atoms with E-state index < -0.39 is 0 Å². The molecular formula is C21H22N4OS. The van der Waals surface area contributed by atoms with Crippen LogP contribution in [-0.2, 0) is 11.3 Å². The Hall–Kier alpha value is -2.57. The minimum Gasteiger partial charge on any atom is -0.326 e. The minimum atomic E-state index is 0.0212. The number of hydrogen-bond acceptors (Lipinski definition) is 5. The van der Waals surface area contributed by atoms with E-state index in [1.165, 1.54) is 0 Å². The standard InChI is InChI=1S/C21H22N4OS/c26-20(23-17-8-2-1-3-9-17)16-7-6-12-25(13-16)14-18-15-27-21(24-18)19-10-4-5-11-22-19/h1-5,8-11,15-16H,6-7,12-14H2,(H,23,26). The third-order valence-electron chi connectivity index (χ3n) is 4.74. The Bertz CT molecular complexity index is 881.